The van der Waals surface area contributed by atoms with Crippen molar-refractivity contribution in [1.29, 1.82) is 0 Å². The van der Waals surface area contributed by atoms with Gasteiger partial charge in [0.2, 0.25) is 0 Å². The lowest BCUT2D eigenvalue weighted by Crippen LogP contribution is -2.34. The SMILES string of the molecule is Cc1ccc(-c2cc(C(=O)NC(C)C3CC3)c3ccccc3n2)o1. The average molecular weight is 320 g/mol. The van der Waals surface area contributed by atoms with Crippen molar-refractivity contribution in [3.63, 3.8) is 0 Å². The van der Waals surface area contributed by atoms with Gasteiger partial charge in [0.25, 0.3) is 5.91 Å². The van der Waals surface area contributed by atoms with Crippen LogP contribution in [0.2, 0.25) is 0 Å². The number of pyridine rings is 1. The van der Waals surface area contributed by atoms with Gasteiger partial charge in [-0.05, 0) is 56.9 Å². The molecule has 1 aliphatic carbocycles. The molecule has 1 amide bonds. The molecule has 1 aromatic carbocycles. The van der Waals surface area contributed by atoms with Gasteiger partial charge < -0.3 is 9.73 Å². The zero-order valence-electron chi connectivity index (χ0n) is 13.9. The molecule has 4 rings (SSSR count). The number of hydrogen-bond donors (Lipinski definition) is 1. The minimum atomic E-state index is -0.0440. The van der Waals surface area contributed by atoms with Crippen molar-refractivity contribution in [2.75, 3.05) is 0 Å². The first-order valence-electron chi connectivity index (χ1n) is 8.39. The minimum Gasteiger partial charge on any atom is -0.460 e. The van der Waals surface area contributed by atoms with E-state index >= 15 is 0 Å². The van der Waals surface area contributed by atoms with Gasteiger partial charge in [0.1, 0.15) is 11.5 Å². The normalized spacial score (nSPS) is 15.4. The number of amides is 1. The summed E-state index contributed by atoms with van der Waals surface area (Å²) < 4.78 is 5.69. The van der Waals surface area contributed by atoms with Crippen LogP contribution in [0.1, 0.15) is 35.9 Å². The smallest absolute Gasteiger partial charge is 0.252 e. The van der Waals surface area contributed by atoms with Gasteiger partial charge in [0.15, 0.2) is 5.76 Å². The van der Waals surface area contributed by atoms with Gasteiger partial charge in [-0.1, -0.05) is 18.2 Å². The molecule has 24 heavy (non-hydrogen) atoms. The third-order valence-electron chi connectivity index (χ3n) is 4.64. The molecule has 2 aromatic heterocycles. The van der Waals surface area contributed by atoms with Crippen molar-refractivity contribution in [1.82, 2.24) is 10.3 Å². The highest BCUT2D eigenvalue weighted by Gasteiger charge is 2.29. The summed E-state index contributed by atoms with van der Waals surface area (Å²) in [5, 5.41) is 4.00. The van der Waals surface area contributed by atoms with E-state index in [0.29, 0.717) is 22.9 Å². The molecule has 1 aliphatic rings. The van der Waals surface area contributed by atoms with Crippen LogP contribution >= 0.6 is 0 Å². The summed E-state index contributed by atoms with van der Waals surface area (Å²) in [5.74, 6) is 2.09. The van der Waals surface area contributed by atoms with E-state index in [-0.39, 0.29) is 11.9 Å². The summed E-state index contributed by atoms with van der Waals surface area (Å²) in [5.41, 5.74) is 2.14. The lowest BCUT2D eigenvalue weighted by Gasteiger charge is -2.14. The maximum atomic E-state index is 12.8. The first-order chi connectivity index (χ1) is 11.6. The van der Waals surface area contributed by atoms with Crippen LogP contribution in [0.5, 0.6) is 0 Å². The van der Waals surface area contributed by atoms with Crippen molar-refractivity contribution in [2.45, 2.75) is 32.7 Å². The number of furan rings is 1. The maximum Gasteiger partial charge on any atom is 0.252 e. The number of rotatable bonds is 4. The lowest BCUT2D eigenvalue weighted by atomic mass is 10.1. The van der Waals surface area contributed by atoms with Crippen molar-refractivity contribution in [3.8, 4) is 11.5 Å². The Bertz CT molecular complexity index is 909. The number of benzene rings is 1. The average Bonchev–Trinajstić information content (AvgIpc) is 3.35. The van der Waals surface area contributed by atoms with E-state index in [1.54, 1.807) is 0 Å². The Labute approximate surface area is 140 Å². The summed E-state index contributed by atoms with van der Waals surface area (Å²) in [6.07, 6.45) is 2.41. The van der Waals surface area contributed by atoms with Gasteiger partial charge in [0.05, 0.1) is 11.1 Å². The number of carbonyl (C=O) groups is 1. The molecule has 1 N–H and O–H groups in total. The molecular formula is C20H20N2O2. The van der Waals surface area contributed by atoms with E-state index in [2.05, 4.69) is 17.2 Å². The van der Waals surface area contributed by atoms with E-state index in [1.165, 1.54) is 12.8 Å². The molecule has 1 atom stereocenters. The molecule has 1 fully saturated rings. The molecule has 4 nitrogen and oxygen atoms in total. The van der Waals surface area contributed by atoms with Gasteiger partial charge in [-0.15, -0.1) is 0 Å². The van der Waals surface area contributed by atoms with Crippen LogP contribution in [0.4, 0.5) is 0 Å². The van der Waals surface area contributed by atoms with E-state index in [9.17, 15) is 4.79 Å². The number of aromatic nitrogens is 1. The zero-order valence-corrected chi connectivity index (χ0v) is 13.9. The Morgan fingerprint density at radius 1 is 1.25 bits per heavy atom. The third-order valence-corrected chi connectivity index (χ3v) is 4.64. The zero-order chi connectivity index (χ0) is 16.7. The van der Waals surface area contributed by atoms with Crippen molar-refractivity contribution >= 4 is 16.8 Å². The summed E-state index contributed by atoms with van der Waals surface area (Å²) in [7, 11) is 0. The van der Waals surface area contributed by atoms with Gasteiger partial charge in [-0.25, -0.2) is 4.98 Å². The lowest BCUT2D eigenvalue weighted by molar-refractivity contribution is 0.0937. The van der Waals surface area contributed by atoms with Crippen LogP contribution < -0.4 is 5.32 Å². The Balaban J connectivity index is 1.78. The fraction of sp³-hybridized carbons (Fsp3) is 0.300. The van der Waals surface area contributed by atoms with Crippen LogP contribution in [-0.2, 0) is 0 Å². The highest BCUT2D eigenvalue weighted by Crippen LogP contribution is 2.33. The van der Waals surface area contributed by atoms with Gasteiger partial charge in [-0.2, -0.15) is 0 Å². The predicted octanol–water partition coefficient (Wildman–Crippen LogP) is 4.33. The molecule has 0 spiro atoms. The second-order valence-electron chi connectivity index (χ2n) is 6.58. The number of para-hydroxylation sites is 1. The molecule has 0 aliphatic heterocycles. The second-order valence-corrected chi connectivity index (χ2v) is 6.58. The highest BCUT2D eigenvalue weighted by atomic mass is 16.3. The summed E-state index contributed by atoms with van der Waals surface area (Å²) in [6, 6.07) is 13.6. The predicted molar refractivity (Wildman–Crippen MR) is 93.8 cm³/mol. The summed E-state index contributed by atoms with van der Waals surface area (Å²) in [4.78, 5) is 17.5. The molecule has 2 heterocycles. The van der Waals surface area contributed by atoms with Crippen LogP contribution in [-0.4, -0.2) is 16.9 Å². The van der Waals surface area contributed by atoms with Crippen LogP contribution in [0.25, 0.3) is 22.4 Å². The number of hydrogen-bond acceptors (Lipinski definition) is 3. The first-order valence-corrected chi connectivity index (χ1v) is 8.39. The van der Waals surface area contributed by atoms with Crippen molar-refractivity contribution in [3.05, 3.63) is 53.8 Å². The second kappa shape index (κ2) is 5.78. The Morgan fingerprint density at radius 3 is 2.75 bits per heavy atom. The minimum absolute atomic E-state index is 0.0440. The molecule has 4 heteroatoms. The van der Waals surface area contributed by atoms with Crippen molar-refractivity contribution in [2.24, 2.45) is 5.92 Å². The third kappa shape index (κ3) is 2.80. The molecular weight excluding hydrogens is 300 g/mol. The quantitative estimate of drug-likeness (QED) is 0.778. The number of aryl methyl sites for hydroxylation is 1. The summed E-state index contributed by atoms with van der Waals surface area (Å²) in [6.45, 7) is 3.98. The van der Waals surface area contributed by atoms with Crippen LogP contribution in [0.15, 0.2) is 46.9 Å². The first kappa shape index (κ1) is 14.9. The monoisotopic (exact) mass is 320 g/mol. The topological polar surface area (TPSA) is 55.1 Å². The maximum absolute atomic E-state index is 12.8. The summed E-state index contributed by atoms with van der Waals surface area (Å²) >= 11 is 0. The van der Waals surface area contributed by atoms with Gasteiger partial charge in [-0.3, -0.25) is 4.79 Å². The van der Waals surface area contributed by atoms with Gasteiger partial charge in [0, 0.05) is 11.4 Å². The molecule has 0 radical (unpaired) electrons. The van der Waals surface area contributed by atoms with Gasteiger partial charge >= 0.3 is 0 Å². The molecule has 0 bridgehead atoms. The molecule has 122 valence electrons. The highest BCUT2D eigenvalue weighted by molar-refractivity contribution is 6.07. The largest absolute Gasteiger partial charge is 0.460 e. The fourth-order valence-electron chi connectivity index (χ4n) is 3.06. The number of nitrogens with zero attached hydrogens (tertiary/aromatic N) is 1. The standard InChI is InChI=1S/C20H20N2O2/c1-12-7-10-19(24-12)18-11-16(15-5-3-4-6-17(15)22-18)20(23)21-13(2)14-8-9-14/h3-7,10-11,13-14H,8-9H2,1-2H3,(H,21,23). The van der Waals surface area contributed by atoms with Crippen LogP contribution in [0, 0.1) is 12.8 Å². The number of fused-ring (bicyclic) bond motifs is 1. The Hall–Kier alpha value is -2.62. The van der Waals surface area contributed by atoms with E-state index < -0.39 is 0 Å². The number of nitrogens with one attached hydrogen (secondary N) is 1. The van der Waals surface area contributed by atoms with Crippen molar-refractivity contribution < 1.29 is 9.21 Å². The van der Waals surface area contributed by atoms with E-state index in [0.717, 1.165) is 16.7 Å². The molecule has 1 saturated carbocycles. The Kier molecular flexibility index (Phi) is 3.60. The Morgan fingerprint density at radius 2 is 2.04 bits per heavy atom. The van der Waals surface area contributed by atoms with E-state index in [1.807, 2.05) is 49.4 Å². The van der Waals surface area contributed by atoms with Crippen LogP contribution in [0.3, 0.4) is 0 Å². The fourth-order valence-corrected chi connectivity index (χ4v) is 3.06. The van der Waals surface area contributed by atoms with E-state index in [4.69, 9.17) is 4.42 Å². The molecule has 0 saturated heterocycles. The number of carbonyl (C=O) groups excluding carboxylic acids is 1. The molecule has 1 unspecified atom stereocenters. The molecule has 3 aromatic rings.